The zero-order chi connectivity index (χ0) is 18.5. The smallest absolute Gasteiger partial charge is 0.157 e. The van der Waals surface area contributed by atoms with Crippen molar-refractivity contribution in [3.05, 3.63) is 87.4 Å². The summed E-state index contributed by atoms with van der Waals surface area (Å²) in [5, 5.41) is 14.2. The summed E-state index contributed by atoms with van der Waals surface area (Å²) in [7, 11) is 0. The van der Waals surface area contributed by atoms with Crippen LogP contribution >= 0.6 is 23.2 Å². The third kappa shape index (κ3) is 4.24. The fourth-order valence-corrected chi connectivity index (χ4v) is 3.09. The number of ether oxygens (including phenoxy) is 1. The number of hydrogen-bond acceptors (Lipinski definition) is 3. The van der Waals surface area contributed by atoms with Crippen molar-refractivity contribution in [3.63, 3.8) is 0 Å². The Morgan fingerprint density at radius 1 is 0.962 bits per heavy atom. The average Bonchev–Trinajstić information content (AvgIpc) is 2.66. The molecule has 0 amide bonds. The average molecular weight is 388 g/mol. The van der Waals surface area contributed by atoms with E-state index in [1.807, 2.05) is 61.5 Å². The van der Waals surface area contributed by atoms with Crippen LogP contribution in [0.5, 0.6) is 11.5 Å². The van der Waals surface area contributed by atoms with Gasteiger partial charge in [-0.1, -0.05) is 71.7 Å². The maximum absolute atomic E-state index is 10.2. The predicted octanol–water partition coefficient (Wildman–Crippen LogP) is 6.20. The van der Waals surface area contributed by atoms with Gasteiger partial charge in [-0.05, 0) is 30.2 Å². The van der Waals surface area contributed by atoms with Crippen molar-refractivity contribution in [2.45, 2.75) is 20.1 Å². The van der Waals surface area contributed by atoms with Gasteiger partial charge in [-0.15, -0.1) is 0 Å². The summed E-state index contributed by atoms with van der Waals surface area (Å²) in [6.07, 6.45) is 0. The van der Waals surface area contributed by atoms with Crippen LogP contribution in [0.25, 0.3) is 0 Å². The molecule has 0 aliphatic heterocycles. The molecule has 0 aliphatic carbocycles. The van der Waals surface area contributed by atoms with E-state index in [1.54, 1.807) is 0 Å². The number of benzene rings is 3. The SMILES string of the molecule is Cc1c(Cl)cc(Cl)c(O)c1NCc1ccccc1OCc1ccccc1. The van der Waals surface area contributed by atoms with Crippen molar-refractivity contribution in [1.82, 2.24) is 0 Å². The number of para-hydroxylation sites is 1. The molecule has 26 heavy (non-hydrogen) atoms. The van der Waals surface area contributed by atoms with Crippen molar-refractivity contribution in [1.29, 1.82) is 0 Å². The Hall–Kier alpha value is -2.36. The molecule has 2 N–H and O–H groups in total. The van der Waals surface area contributed by atoms with Gasteiger partial charge in [0.25, 0.3) is 0 Å². The predicted molar refractivity (Wildman–Crippen MR) is 107 cm³/mol. The van der Waals surface area contributed by atoms with Crippen LogP contribution in [0.3, 0.4) is 0 Å². The first-order valence-corrected chi connectivity index (χ1v) is 8.98. The highest BCUT2D eigenvalue weighted by molar-refractivity contribution is 6.36. The molecule has 3 rings (SSSR count). The fourth-order valence-electron chi connectivity index (χ4n) is 2.63. The zero-order valence-corrected chi connectivity index (χ0v) is 15.8. The normalized spacial score (nSPS) is 10.6. The summed E-state index contributed by atoms with van der Waals surface area (Å²) in [4.78, 5) is 0. The van der Waals surface area contributed by atoms with Crippen LogP contribution in [0.2, 0.25) is 10.0 Å². The molecule has 0 heterocycles. The number of hydrogen-bond donors (Lipinski definition) is 2. The molecule has 3 nitrogen and oxygen atoms in total. The maximum Gasteiger partial charge on any atom is 0.157 e. The fraction of sp³-hybridized carbons (Fsp3) is 0.143. The molecule has 0 unspecified atom stereocenters. The monoisotopic (exact) mass is 387 g/mol. The van der Waals surface area contributed by atoms with Crippen molar-refractivity contribution in [2.75, 3.05) is 5.32 Å². The zero-order valence-electron chi connectivity index (χ0n) is 14.3. The van der Waals surface area contributed by atoms with Crippen LogP contribution in [-0.4, -0.2) is 5.11 Å². The number of aromatic hydroxyl groups is 1. The lowest BCUT2D eigenvalue weighted by molar-refractivity contribution is 0.303. The second kappa shape index (κ2) is 8.35. The Balaban J connectivity index is 1.75. The van der Waals surface area contributed by atoms with Crippen molar-refractivity contribution in [3.8, 4) is 11.5 Å². The summed E-state index contributed by atoms with van der Waals surface area (Å²) < 4.78 is 5.96. The molecule has 0 fully saturated rings. The molecule has 0 bridgehead atoms. The Labute approximate surface area is 163 Å². The molecule has 0 aliphatic rings. The van der Waals surface area contributed by atoms with Crippen molar-refractivity contribution in [2.24, 2.45) is 0 Å². The maximum atomic E-state index is 10.2. The van der Waals surface area contributed by atoms with Crippen molar-refractivity contribution >= 4 is 28.9 Å². The number of halogens is 2. The lowest BCUT2D eigenvalue weighted by Crippen LogP contribution is -2.05. The first kappa shape index (κ1) is 18.4. The summed E-state index contributed by atoms with van der Waals surface area (Å²) in [6, 6.07) is 19.3. The molecule has 3 aromatic rings. The van der Waals surface area contributed by atoms with Gasteiger partial charge in [-0.25, -0.2) is 0 Å². The molecule has 3 aromatic carbocycles. The Morgan fingerprint density at radius 2 is 1.65 bits per heavy atom. The van der Waals surface area contributed by atoms with E-state index in [-0.39, 0.29) is 10.8 Å². The first-order chi connectivity index (χ1) is 12.6. The van der Waals surface area contributed by atoms with Crippen LogP contribution in [0.15, 0.2) is 60.7 Å². The van der Waals surface area contributed by atoms with E-state index in [2.05, 4.69) is 5.32 Å². The Kier molecular flexibility index (Phi) is 5.92. The van der Waals surface area contributed by atoms with Gasteiger partial charge in [-0.3, -0.25) is 0 Å². The molecule has 5 heteroatoms. The molecular weight excluding hydrogens is 369 g/mol. The van der Waals surface area contributed by atoms with Gasteiger partial charge in [0.1, 0.15) is 12.4 Å². The van der Waals surface area contributed by atoms with E-state index in [4.69, 9.17) is 27.9 Å². The lowest BCUT2D eigenvalue weighted by Gasteiger charge is -2.16. The minimum Gasteiger partial charge on any atom is -0.504 e. The minimum absolute atomic E-state index is 0.00347. The quantitative estimate of drug-likeness (QED) is 0.494. The molecular formula is C21H19Cl2NO2. The summed E-state index contributed by atoms with van der Waals surface area (Å²) in [5.74, 6) is 0.783. The Morgan fingerprint density at radius 3 is 2.42 bits per heavy atom. The third-order valence-corrected chi connectivity index (χ3v) is 4.80. The topological polar surface area (TPSA) is 41.5 Å². The second-order valence-electron chi connectivity index (χ2n) is 5.92. The van der Waals surface area contributed by atoms with Gasteiger partial charge in [0, 0.05) is 17.1 Å². The largest absolute Gasteiger partial charge is 0.504 e. The van der Waals surface area contributed by atoms with Crippen LogP contribution in [0.4, 0.5) is 5.69 Å². The van der Waals surface area contributed by atoms with Crippen molar-refractivity contribution < 1.29 is 9.84 Å². The van der Waals surface area contributed by atoms with E-state index in [9.17, 15) is 5.11 Å². The summed E-state index contributed by atoms with van der Waals surface area (Å²) >= 11 is 12.2. The summed E-state index contributed by atoms with van der Waals surface area (Å²) in [5.41, 5.74) is 3.35. The highest BCUT2D eigenvalue weighted by Gasteiger charge is 2.13. The Bertz CT molecular complexity index is 872. The van der Waals surface area contributed by atoms with Gasteiger partial charge in [0.15, 0.2) is 5.75 Å². The van der Waals surface area contributed by atoms with E-state index in [0.29, 0.717) is 23.9 Å². The van der Waals surface area contributed by atoms with E-state index < -0.39 is 0 Å². The molecule has 0 saturated heterocycles. The molecule has 0 spiro atoms. The van der Waals surface area contributed by atoms with Gasteiger partial charge in [0.2, 0.25) is 0 Å². The molecule has 0 saturated carbocycles. The number of phenols is 1. The second-order valence-corrected chi connectivity index (χ2v) is 6.74. The number of rotatable bonds is 6. The van der Waals surface area contributed by atoms with Crippen LogP contribution < -0.4 is 10.1 Å². The highest BCUT2D eigenvalue weighted by atomic mass is 35.5. The van der Waals surface area contributed by atoms with E-state index in [0.717, 1.165) is 22.4 Å². The molecule has 134 valence electrons. The van der Waals surface area contributed by atoms with Gasteiger partial charge < -0.3 is 15.2 Å². The molecule has 0 radical (unpaired) electrons. The number of nitrogens with one attached hydrogen (secondary N) is 1. The lowest BCUT2D eigenvalue weighted by atomic mass is 10.1. The third-order valence-electron chi connectivity index (χ3n) is 4.12. The minimum atomic E-state index is -0.00347. The summed E-state index contributed by atoms with van der Waals surface area (Å²) in [6.45, 7) is 2.79. The number of phenolic OH excluding ortho intramolecular Hbond substituents is 1. The van der Waals surface area contributed by atoms with Crippen LogP contribution in [0, 0.1) is 6.92 Å². The van der Waals surface area contributed by atoms with Gasteiger partial charge in [0.05, 0.1) is 10.7 Å². The number of anilines is 1. The van der Waals surface area contributed by atoms with Gasteiger partial charge >= 0.3 is 0 Å². The van der Waals surface area contributed by atoms with Crippen LogP contribution in [0.1, 0.15) is 16.7 Å². The van der Waals surface area contributed by atoms with Crippen LogP contribution in [-0.2, 0) is 13.2 Å². The molecule has 0 aromatic heterocycles. The molecule has 0 atom stereocenters. The van der Waals surface area contributed by atoms with E-state index >= 15 is 0 Å². The highest BCUT2D eigenvalue weighted by Crippen LogP contribution is 2.39. The van der Waals surface area contributed by atoms with Gasteiger partial charge in [-0.2, -0.15) is 0 Å². The first-order valence-electron chi connectivity index (χ1n) is 8.22. The standard InChI is InChI=1S/C21H19Cl2NO2/c1-14-17(22)11-18(23)21(25)20(14)24-12-16-9-5-6-10-19(16)26-13-15-7-3-2-4-8-15/h2-11,24-25H,12-13H2,1H3. The van der Waals surface area contributed by atoms with E-state index in [1.165, 1.54) is 6.07 Å².